The highest BCUT2D eigenvalue weighted by Gasteiger charge is 2.43. The number of hydrogen-bond acceptors (Lipinski definition) is 3. The van der Waals surface area contributed by atoms with Gasteiger partial charge in [0, 0.05) is 24.1 Å². The van der Waals surface area contributed by atoms with Gasteiger partial charge in [-0.05, 0) is 25.7 Å². The minimum atomic E-state index is -0.500. The van der Waals surface area contributed by atoms with Gasteiger partial charge in [-0.2, -0.15) is 11.8 Å². The van der Waals surface area contributed by atoms with Gasteiger partial charge in [0.2, 0.25) is 5.91 Å². The van der Waals surface area contributed by atoms with Crippen molar-refractivity contribution in [1.82, 2.24) is 4.90 Å². The summed E-state index contributed by atoms with van der Waals surface area (Å²) in [4.78, 5) is 14.1. The minimum Gasteiger partial charge on any atom is -0.339 e. The lowest BCUT2D eigenvalue weighted by atomic mass is 9.76. The average molecular weight is 265 g/mol. The molecule has 0 aromatic carbocycles. The standard InChI is InChI=1S/C11H20N2OS.ClH/c1-2-9-8-13(6-7-15-9)10(14)11(12)4-3-5-11;/h9H,2-8,12H2,1H3;1H. The number of halogens is 1. The van der Waals surface area contributed by atoms with E-state index in [9.17, 15) is 4.79 Å². The first-order valence-electron chi connectivity index (χ1n) is 5.85. The lowest BCUT2D eigenvalue weighted by Gasteiger charge is -2.42. The molecule has 16 heavy (non-hydrogen) atoms. The second-order valence-electron chi connectivity index (χ2n) is 4.66. The zero-order valence-electron chi connectivity index (χ0n) is 9.78. The molecule has 1 aliphatic heterocycles. The number of amides is 1. The summed E-state index contributed by atoms with van der Waals surface area (Å²) in [6, 6.07) is 0. The number of thioether (sulfide) groups is 1. The molecule has 3 nitrogen and oxygen atoms in total. The average Bonchev–Trinajstić information content (AvgIpc) is 2.25. The molecule has 2 fully saturated rings. The molecule has 0 bridgehead atoms. The third kappa shape index (κ3) is 2.66. The van der Waals surface area contributed by atoms with E-state index in [2.05, 4.69) is 6.92 Å². The van der Waals surface area contributed by atoms with E-state index in [-0.39, 0.29) is 18.3 Å². The molecule has 0 spiro atoms. The first kappa shape index (κ1) is 14.1. The first-order chi connectivity index (χ1) is 7.15. The van der Waals surface area contributed by atoms with E-state index in [0.29, 0.717) is 5.25 Å². The molecule has 5 heteroatoms. The van der Waals surface area contributed by atoms with Crippen LogP contribution in [0.4, 0.5) is 0 Å². The Morgan fingerprint density at radius 2 is 2.25 bits per heavy atom. The van der Waals surface area contributed by atoms with Crippen molar-refractivity contribution in [2.24, 2.45) is 5.73 Å². The van der Waals surface area contributed by atoms with E-state index in [1.807, 2.05) is 16.7 Å². The molecule has 1 unspecified atom stereocenters. The zero-order chi connectivity index (χ0) is 10.9. The highest BCUT2D eigenvalue weighted by atomic mass is 35.5. The van der Waals surface area contributed by atoms with Crippen LogP contribution in [0.1, 0.15) is 32.6 Å². The minimum absolute atomic E-state index is 0. The Morgan fingerprint density at radius 3 is 2.75 bits per heavy atom. The van der Waals surface area contributed by atoms with E-state index >= 15 is 0 Å². The Morgan fingerprint density at radius 1 is 1.56 bits per heavy atom. The maximum Gasteiger partial charge on any atom is 0.242 e. The first-order valence-corrected chi connectivity index (χ1v) is 6.90. The maximum absolute atomic E-state index is 12.2. The molecule has 94 valence electrons. The molecule has 1 saturated carbocycles. The van der Waals surface area contributed by atoms with Crippen LogP contribution in [-0.2, 0) is 4.79 Å². The van der Waals surface area contributed by atoms with Crippen LogP contribution in [0.25, 0.3) is 0 Å². The van der Waals surface area contributed by atoms with Crippen LogP contribution >= 0.6 is 24.2 Å². The Labute approximate surface area is 108 Å². The van der Waals surface area contributed by atoms with Crippen molar-refractivity contribution >= 4 is 30.1 Å². The van der Waals surface area contributed by atoms with Gasteiger partial charge in [0.25, 0.3) is 0 Å². The van der Waals surface area contributed by atoms with Gasteiger partial charge in [0.15, 0.2) is 0 Å². The molecular formula is C11H21ClN2OS. The van der Waals surface area contributed by atoms with Crippen molar-refractivity contribution < 1.29 is 4.79 Å². The molecule has 2 aliphatic rings. The van der Waals surface area contributed by atoms with Crippen LogP contribution in [0.15, 0.2) is 0 Å². The Kier molecular flexibility index (Phi) is 4.95. The Hall–Kier alpha value is 0.0700. The molecule has 1 aliphatic carbocycles. The van der Waals surface area contributed by atoms with Gasteiger partial charge in [0.05, 0.1) is 5.54 Å². The maximum atomic E-state index is 12.2. The fraction of sp³-hybridized carbons (Fsp3) is 0.909. The topological polar surface area (TPSA) is 46.3 Å². The van der Waals surface area contributed by atoms with E-state index in [4.69, 9.17) is 5.73 Å². The molecule has 1 saturated heterocycles. The number of rotatable bonds is 2. The van der Waals surface area contributed by atoms with Crippen molar-refractivity contribution in [3.63, 3.8) is 0 Å². The summed E-state index contributed by atoms with van der Waals surface area (Å²) >= 11 is 1.99. The number of hydrogen-bond donors (Lipinski definition) is 1. The highest BCUT2D eigenvalue weighted by Crippen LogP contribution is 2.32. The number of carbonyl (C=O) groups excluding carboxylic acids is 1. The summed E-state index contributed by atoms with van der Waals surface area (Å²) in [5, 5.41) is 0.617. The molecular weight excluding hydrogens is 244 g/mol. The SMILES string of the molecule is CCC1CN(C(=O)C2(N)CCC2)CCS1.Cl. The summed E-state index contributed by atoms with van der Waals surface area (Å²) in [5.41, 5.74) is 5.57. The smallest absolute Gasteiger partial charge is 0.242 e. The van der Waals surface area contributed by atoms with Crippen molar-refractivity contribution in [1.29, 1.82) is 0 Å². The van der Waals surface area contributed by atoms with E-state index < -0.39 is 5.54 Å². The number of nitrogens with two attached hydrogens (primary N) is 1. The van der Waals surface area contributed by atoms with Gasteiger partial charge < -0.3 is 10.6 Å². The van der Waals surface area contributed by atoms with Crippen LogP contribution in [0.3, 0.4) is 0 Å². The molecule has 1 amide bonds. The third-order valence-electron chi connectivity index (χ3n) is 3.55. The van der Waals surface area contributed by atoms with Gasteiger partial charge in [-0.15, -0.1) is 12.4 Å². The summed E-state index contributed by atoms with van der Waals surface area (Å²) in [5.74, 6) is 1.27. The third-order valence-corrected chi connectivity index (χ3v) is 4.93. The van der Waals surface area contributed by atoms with Gasteiger partial charge in [-0.1, -0.05) is 6.92 Å². The molecule has 0 aromatic rings. The molecule has 2 rings (SSSR count). The Balaban J connectivity index is 0.00000128. The van der Waals surface area contributed by atoms with Crippen molar-refractivity contribution in [2.75, 3.05) is 18.8 Å². The van der Waals surface area contributed by atoms with E-state index in [0.717, 1.165) is 44.5 Å². The summed E-state index contributed by atoms with van der Waals surface area (Å²) in [7, 11) is 0. The van der Waals surface area contributed by atoms with Crippen molar-refractivity contribution in [3.05, 3.63) is 0 Å². The quantitative estimate of drug-likeness (QED) is 0.825. The largest absolute Gasteiger partial charge is 0.339 e. The predicted octanol–water partition coefficient (Wildman–Crippen LogP) is 1.64. The molecule has 1 atom stereocenters. The van der Waals surface area contributed by atoms with E-state index in [1.54, 1.807) is 0 Å². The molecule has 0 radical (unpaired) electrons. The second kappa shape index (κ2) is 5.61. The van der Waals surface area contributed by atoms with Crippen LogP contribution in [0, 0.1) is 0 Å². The van der Waals surface area contributed by atoms with Crippen LogP contribution in [0.2, 0.25) is 0 Å². The fourth-order valence-electron chi connectivity index (χ4n) is 2.24. The summed E-state index contributed by atoms with van der Waals surface area (Å²) < 4.78 is 0. The molecule has 1 heterocycles. The lowest BCUT2D eigenvalue weighted by molar-refractivity contribution is -0.140. The Bertz CT molecular complexity index is 258. The summed E-state index contributed by atoms with van der Waals surface area (Å²) in [6.07, 6.45) is 4.02. The van der Waals surface area contributed by atoms with Crippen LogP contribution in [-0.4, -0.2) is 40.4 Å². The second-order valence-corrected chi connectivity index (χ2v) is 6.07. The molecule has 2 N–H and O–H groups in total. The van der Waals surface area contributed by atoms with Gasteiger partial charge in [0.1, 0.15) is 0 Å². The number of carbonyl (C=O) groups is 1. The molecule has 0 aromatic heterocycles. The van der Waals surface area contributed by atoms with Crippen molar-refractivity contribution in [2.45, 2.75) is 43.4 Å². The van der Waals surface area contributed by atoms with Crippen LogP contribution < -0.4 is 5.73 Å². The zero-order valence-corrected chi connectivity index (χ0v) is 11.4. The monoisotopic (exact) mass is 264 g/mol. The predicted molar refractivity (Wildman–Crippen MR) is 71.1 cm³/mol. The normalized spacial score (nSPS) is 27.9. The van der Waals surface area contributed by atoms with Crippen LogP contribution in [0.5, 0.6) is 0 Å². The van der Waals surface area contributed by atoms with Gasteiger partial charge >= 0.3 is 0 Å². The fourth-order valence-corrected chi connectivity index (χ4v) is 3.42. The lowest BCUT2D eigenvalue weighted by Crippen LogP contribution is -2.61. The summed E-state index contributed by atoms with van der Waals surface area (Å²) in [6.45, 7) is 3.98. The van der Waals surface area contributed by atoms with Crippen molar-refractivity contribution in [3.8, 4) is 0 Å². The van der Waals surface area contributed by atoms with Gasteiger partial charge in [-0.3, -0.25) is 4.79 Å². The van der Waals surface area contributed by atoms with E-state index in [1.165, 1.54) is 0 Å². The number of nitrogens with zero attached hydrogens (tertiary/aromatic N) is 1. The van der Waals surface area contributed by atoms with Gasteiger partial charge in [-0.25, -0.2) is 0 Å². The highest BCUT2D eigenvalue weighted by molar-refractivity contribution is 8.00.